The number of rotatable bonds is 6. The molecule has 0 aromatic heterocycles. The fraction of sp³-hybridized carbons (Fsp3) is 0.367. The number of aliphatic hydroxyl groups excluding tert-OH is 2. The van der Waals surface area contributed by atoms with Crippen molar-refractivity contribution in [2.24, 2.45) is 23.5 Å². The number of primary amides is 1. The number of ketones is 2. The molecule has 11 heteroatoms. The number of carbonyl (C=O) groups is 3. The monoisotopic (exact) mass is 573 g/mol. The Labute approximate surface area is 241 Å². The fourth-order valence-corrected chi connectivity index (χ4v) is 6.13. The first-order valence-corrected chi connectivity index (χ1v) is 12.4. The van der Waals surface area contributed by atoms with Gasteiger partial charge < -0.3 is 42.3 Å². The van der Waals surface area contributed by atoms with Crippen molar-refractivity contribution in [1.82, 2.24) is 5.32 Å². The number of aromatic hydroxyl groups is 2. The van der Waals surface area contributed by atoms with E-state index in [0.717, 1.165) is 5.56 Å². The smallest absolute Gasteiger partial charge is 0.255 e. The number of anilines is 1. The molecule has 3 atom stereocenters. The van der Waals surface area contributed by atoms with Gasteiger partial charge in [-0.25, -0.2) is 0 Å². The molecule has 3 aliphatic carbocycles. The van der Waals surface area contributed by atoms with E-state index in [1.807, 2.05) is 6.07 Å². The SMILES string of the molecule is C.C.CNc1cc(CNCc2cccc(O)c2)c(O)c2c1CC1CC3CC(=O)C(C(N)=O)=C(O)C3C(=O)C1=C2O.O.[HH].[HH]. The summed E-state index contributed by atoms with van der Waals surface area (Å²) in [6.07, 6.45) is 0.587. The molecule has 2 aromatic carbocycles. The van der Waals surface area contributed by atoms with Crippen LogP contribution in [0.25, 0.3) is 5.76 Å². The van der Waals surface area contributed by atoms with Crippen LogP contribution in [0.5, 0.6) is 11.5 Å². The van der Waals surface area contributed by atoms with Gasteiger partial charge in [0, 0.05) is 46.2 Å². The quantitative estimate of drug-likeness (QED) is 0.199. The van der Waals surface area contributed by atoms with Gasteiger partial charge in [0.1, 0.15) is 28.6 Å². The van der Waals surface area contributed by atoms with Gasteiger partial charge in [-0.15, -0.1) is 0 Å². The van der Waals surface area contributed by atoms with Crippen LogP contribution in [0, 0.1) is 17.8 Å². The maximum absolute atomic E-state index is 13.6. The summed E-state index contributed by atoms with van der Waals surface area (Å²) in [6, 6.07) is 8.57. The van der Waals surface area contributed by atoms with Crippen molar-refractivity contribution in [2.45, 2.75) is 47.2 Å². The van der Waals surface area contributed by atoms with E-state index in [9.17, 15) is 34.8 Å². The number of hydrogen-bond donors (Lipinski definition) is 7. The highest BCUT2D eigenvalue weighted by atomic mass is 16.3. The molecule has 3 unspecified atom stereocenters. The predicted molar refractivity (Wildman–Crippen MR) is 159 cm³/mol. The van der Waals surface area contributed by atoms with Crippen LogP contribution in [-0.2, 0) is 33.9 Å². The minimum atomic E-state index is -1.15. The Balaban J connectivity index is 0.00000353. The molecule has 0 spiro atoms. The molecule has 226 valence electrons. The lowest BCUT2D eigenvalue weighted by molar-refractivity contribution is -0.127. The van der Waals surface area contributed by atoms with Crippen LogP contribution in [0.3, 0.4) is 0 Å². The third-order valence-corrected chi connectivity index (χ3v) is 7.79. The minimum absolute atomic E-state index is 0. The molecule has 0 saturated heterocycles. The highest BCUT2D eigenvalue weighted by molar-refractivity contribution is 6.21. The van der Waals surface area contributed by atoms with E-state index in [0.29, 0.717) is 36.2 Å². The molecule has 1 fully saturated rings. The van der Waals surface area contributed by atoms with E-state index in [2.05, 4.69) is 10.6 Å². The van der Waals surface area contributed by atoms with Crippen molar-refractivity contribution >= 4 is 28.9 Å². The van der Waals surface area contributed by atoms with Gasteiger partial charge in [-0.3, -0.25) is 14.4 Å². The van der Waals surface area contributed by atoms with Crippen LogP contribution in [0.4, 0.5) is 5.69 Å². The molecule has 1 saturated carbocycles. The number of nitrogens with one attached hydrogen (secondary N) is 2. The zero-order valence-electron chi connectivity index (χ0n) is 21.2. The molecule has 11 nitrogen and oxygen atoms in total. The maximum atomic E-state index is 13.6. The molecule has 0 aliphatic heterocycles. The van der Waals surface area contributed by atoms with E-state index in [1.54, 1.807) is 31.3 Å². The molecular formula is C30H43N3O8. The van der Waals surface area contributed by atoms with Crippen molar-refractivity contribution < 1.29 is 43.1 Å². The van der Waals surface area contributed by atoms with Gasteiger partial charge in [0.05, 0.1) is 11.5 Å². The van der Waals surface area contributed by atoms with Crippen molar-refractivity contribution in [2.75, 3.05) is 12.4 Å². The standard InChI is InChI=1S/C28H29N3O7.2CH4.H2O.2H2/c1-30-18-8-15(11-31-10-12-3-2-4-16(32)5-12)24(34)22-17(18)7-13-6-14-9-19(33)23(28(29)38)27(37)21(14)25(35)20(13)26(22)36;;;;;/h2-5,8,13-14,21,30-32,34,36-37H,6-7,9-11H2,1H3,(H2,29,38);2*1H4;1H2;2*1H. The summed E-state index contributed by atoms with van der Waals surface area (Å²) >= 11 is 0. The Bertz CT molecular complexity index is 1460. The first-order valence-electron chi connectivity index (χ1n) is 12.4. The van der Waals surface area contributed by atoms with E-state index in [-0.39, 0.29) is 64.5 Å². The Morgan fingerprint density at radius 3 is 2.41 bits per heavy atom. The number of phenolic OH excluding ortho intramolecular Hbond substituents is 2. The number of fused-ring (bicyclic) bond motifs is 3. The molecule has 0 radical (unpaired) electrons. The van der Waals surface area contributed by atoms with Crippen LogP contribution in [0.1, 0.15) is 52.8 Å². The highest BCUT2D eigenvalue weighted by Gasteiger charge is 2.51. The number of nitrogens with two attached hydrogens (primary N) is 1. The lowest BCUT2D eigenvalue weighted by Crippen LogP contribution is -2.44. The summed E-state index contributed by atoms with van der Waals surface area (Å²) in [5.74, 6) is -5.37. The van der Waals surface area contributed by atoms with Gasteiger partial charge in [-0.05, 0) is 54.0 Å². The van der Waals surface area contributed by atoms with E-state index < -0.39 is 46.6 Å². The molecule has 5 rings (SSSR count). The van der Waals surface area contributed by atoms with Gasteiger partial charge in [-0.1, -0.05) is 27.0 Å². The van der Waals surface area contributed by atoms with Gasteiger partial charge in [0.25, 0.3) is 5.91 Å². The van der Waals surface area contributed by atoms with Crippen LogP contribution in [-0.4, -0.2) is 50.4 Å². The van der Waals surface area contributed by atoms with E-state index in [4.69, 9.17) is 5.73 Å². The van der Waals surface area contributed by atoms with Crippen LogP contribution >= 0.6 is 0 Å². The van der Waals surface area contributed by atoms with Gasteiger partial charge >= 0.3 is 0 Å². The normalized spacial score (nSPS) is 21.0. The summed E-state index contributed by atoms with van der Waals surface area (Å²) < 4.78 is 0. The number of amides is 1. The molecular weight excluding hydrogens is 530 g/mol. The number of aliphatic hydroxyl groups is 2. The lowest BCUT2D eigenvalue weighted by atomic mass is 9.61. The number of allylic oxidation sites excluding steroid dienone is 2. The number of carbonyl (C=O) groups excluding carboxylic acids is 3. The molecule has 41 heavy (non-hydrogen) atoms. The Hall–Kier alpha value is -4.35. The summed E-state index contributed by atoms with van der Waals surface area (Å²) in [6.45, 7) is 0.658. The topological polar surface area (TPSA) is 214 Å². The molecule has 0 bridgehead atoms. The van der Waals surface area contributed by atoms with Crippen molar-refractivity contribution in [3.05, 3.63) is 69.5 Å². The summed E-state index contributed by atoms with van der Waals surface area (Å²) in [4.78, 5) is 37.8. The molecule has 1 amide bonds. The second-order valence-corrected chi connectivity index (χ2v) is 10.1. The average Bonchev–Trinajstić information content (AvgIpc) is 2.84. The number of Topliss-reactive ketones (excluding diaryl/α,β-unsaturated/α-hetero) is 2. The summed E-state index contributed by atoms with van der Waals surface area (Å²) in [5.41, 5.74) is 7.62. The molecule has 2 aromatic rings. The Morgan fingerprint density at radius 1 is 1.07 bits per heavy atom. The van der Waals surface area contributed by atoms with Crippen molar-refractivity contribution in [3.63, 3.8) is 0 Å². The first-order chi connectivity index (χ1) is 18.1. The number of hydrogen-bond acceptors (Lipinski definition) is 9. The number of benzene rings is 2. The Morgan fingerprint density at radius 2 is 1.78 bits per heavy atom. The third-order valence-electron chi connectivity index (χ3n) is 7.79. The van der Waals surface area contributed by atoms with Gasteiger partial charge in [0.2, 0.25) is 0 Å². The zero-order chi connectivity index (χ0) is 27.3. The van der Waals surface area contributed by atoms with Crippen LogP contribution in [0.2, 0.25) is 0 Å². The Kier molecular flexibility index (Phi) is 9.97. The predicted octanol–water partition coefficient (Wildman–Crippen LogP) is 3.29. The largest absolute Gasteiger partial charge is 0.511 e. The first kappa shape index (κ1) is 32.9. The zero-order valence-corrected chi connectivity index (χ0v) is 21.2. The van der Waals surface area contributed by atoms with Crippen LogP contribution < -0.4 is 16.4 Å². The van der Waals surface area contributed by atoms with Gasteiger partial charge in [-0.2, -0.15) is 0 Å². The molecule has 0 heterocycles. The average molecular weight is 574 g/mol. The fourth-order valence-electron chi connectivity index (χ4n) is 6.13. The lowest BCUT2D eigenvalue weighted by Gasteiger charge is -2.41. The minimum Gasteiger partial charge on any atom is -0.511 e. The molecule has 3 aliphatic rings. The van der Waals surface area contributed by atoms with Gasteiger partial charge in [0.15, 0.2) is 11.6 Å². The van der Waals surface area contributed by atoms with Crippen molar-refractivity contribution in [1.29, 1.82) is 0 Å². The second kappa shape index (κ2) is 12.4. The summed E-state index contributed by atoms with van der Waals surface area (Å²) in [7, 11) is 1.73. The summed E-state index contributed by atoms with van der Waals surface area (Å²) in [5, 5.41) is 49.2. The van der Waals surface area contributed by atoms with E-state index >= 15 is 0 Å². The molecule has 10 N–H and O–H groups in total. The highest BCUT2D eigenvalue weighted by Crippen LogP contribution is 2.51. The third kappa shape index (κ3) is 5.50. The number of phenols is 2. The van der Waals surface area contributed by atoms with E-state index in [1.165, 1.54) is 0 Å². The van der Waals surface area contributed by atoms with Crippen molar-refractivity contribution in [3.8, 4) is 11.5 Å². The van der Waals surface area contributed by atoms with Crippen LogP contribution in [0.15, 0.2) is 47.2 Å². The maximum Gasteiger partial charge on any atom is 0.255 e. The second-order valence-electron chi connectivity index (χ2n) is 10.1.